The van der Waals surface area contributed by atoms with E-state index < -0.39 is 0 Å². The second-order valence-electron chi connectivity index (χ2n) is 13.8. The highest BCUT2D eigenvalue weighted by molar-refractivity contribution is 5.87. The van der Waals surface area contributed by atoms with Crippen molar-refractivity contribution >= 4 is 5.57 Å². The monoisotopic (exact) mass is 522 g/mol. The van der Waals surface area contributed by atoms with Gasteiger partial charge in [0.25, 0.3) is 0 Å². The topological polar surface area (TPSA) is 0 Å². The molecule has 0 nitrogen and oxygen atoms in total. The Hall–Kier alpha value is -2.34. The standard InChI is InChI=1S/C39H54/c1-14-16-17-21-32-31-20-18-19-26(6)35(31)28(8)36-30(10)39(13)29(9)34(24(3)4)27(7)23-37(39,11)33(38(32,36)12)22-25(5)15-2/h18-20,32-33H,3,5,8-9,14-17,21-23H2,1-2,4,6-7,10-13H3/t32-,33+,37+,38-,39-/m1/s1. The zero-order valence-corrected chi connectivity index (χ0v) is 26.7. The first-order valence-electron chi connectivity index (χ1n) is 15.5. The highest BCUT2D eigenvalue weighted by Gasteiger charge is 2.66. The van der Waals surface area contributed by atoms with E-state index in [1.54, 1.807) is 0 Å². The lowest BCUT2D eigenvalue weighted by Crippen LogP contribution is -2.59. The van der Waals surface area contributed by atoms with Gasteiger partial charge in [0, 0.05) is 10.8 Å². The van der Waals surface area contributed by atoms with Crippen LogP contribution in [0, 0.1) is 29.1 Å². The third-order valence-corrected chi connectivity index (χ3v) is 11.8. The Labute approximate surface area is 240 Å². The van der Waals surface area contributed by atoms with E-state index in [0.717, 1.165) is 24.8 Å². The third-order valence-electron chi connectivity index (χ3n) is 11.8. The number of hydrogen-bond donors (Lipinski definition) is 0. The van der Waals surface area contributed by atoms with Crippen LogP contribution >= 0.6 is 0 Å². The summed E-state index contributed by atoms with van der Waals surface area (Å²) in [4.78, 5) is 0. The zero-order chi connectivity index (χ0) is 29.1. The van der Waals surface area contributed by atoms with E-state index in [1.165, 1.54) is 81.4 Å². The van der Waals surface area contributed by atoms with Crippen LogP contribution in [0.1, 0.15) is 123 Å². The van der Waals surface area contributed by atoms with Crippen LogP contribution in [0.3, 0.4) is 0 Å². The summed E-state index contributed by atoms with van der Waals surface area (Å²) in [5.41, 5.74) is 14.9. The summed E-state index contributed by atoms with van der Waals surface area (Å²) >= 11 is 0. The van der Waals surface area contributed by atoms with Crippen LogP contribution in [0.4, 0.5) is 0 Å². The van der Waals surface area contributed by atoms with Crippen molar-refractivity contribution in [2.24, 2.45) is 22.2 Å². The normalized spacial score (nSPS) is 32.1. The molecule has 0 bridgehead atoms. The minimum absolute atomic E-state index is 0.0121. The highest BCUT2D eigenvalue weighted by Crippen LogP contribution is 2.76. The first-order chi connectivity index (χ1) is 18.2. The second-order valence-corrected chi connectivity index (χ2v) is 13.8. The molecule has 210 valence electrons. The molecule has 0 N–H and O–H groups in total. The molecule has 0 saturated carbocycles. The van der Waals surface area contributed by atoms with Gasteiger partial charge in [-0.25, -0.2) is 0 Å². The molecular weight excluding hydrogens is 468 g/mol. The van der Waals surface area contributed by atoms with Crippen molar-refractivity contribution in [3.63, 3.8) is 0 Å². The Morgan fingerprint density at radius 3 is 2.26 bits per heavy atom. The molecule has 0 heterocycles. The van der Waals surface area contributed by atoms with E-state index in [0.29, 0.717) is 11.8 Å². The van der Waals surface area contributed by atoms with Gasteiger partial charge in [0.1, 0.15) is 0 Å². The first-order valence-corrected chi connectivity index (χ1v) is 15.5. The smallest absolute Gasteiger partial charge is 0.0197 e. The maximum Gasteiger partial charge on any atom is 0.0197 e. The lowest BCUT2D eigenvalue weighted by atomic mass is 9.35. The number of rotatable bonds is 8. The van der Waals surface area contributed by atoms with Crippen LogP contribution in [0.15, 0.2) is 83.5 Å². The molecule has 0 aromatic heterocycles. The largest absolute Gasteiger partial charge is 0.0999 e. The molecule has 0 unspecified atom stereocenters. The summed E-state index contributed by atoms with van der Waals surface area (Å²) in [7, 11) is 0. The average Bonchev–Trinajstić information content (AvgIpc) is 2.86. The van der Waals surface area contributed by atoms with Gasteiger partial charge in [-0.05, 0) is 110 Å². The van der Waals surface area contributed by atoms with Crippen molar-refractivity contribution in [3.05, 3.63) is 100 Å². The fraction of sp³-hybridized carbons (Fsp3) is 0.538. The van der Waals surface area contributed by atoms with Gasteiger partial charge >= 0.3 is 0 Å². The van der Waals surface area contributed by atoms with Gasteiger partial charge in [0.2, 0.25) is 0 Å². The van der Waals surface area contributed by atoms with Gasteiger partial charge in [0.05, 0.1) is 0 Å². The summed E-state index contributed by atoms with van der Waals surface area (Å²) in [6, 6.07) is 6.98. The van der Waals surface area contributed by atoms with E-state index in [-0.39, 0.29) is 16.2 Å². The van der Waals surface area contributed by atoms with Crippen LogP contribution in [-0.4, -0.2) is 0 Å². The van der Waals surface area contributed by atoms with Crippen molar-refractivity contribution < 1.29 is 0 Å². The van der Waals surface area contributed by atoms with Gasteiger partial charge in [-0.3, -0.25) is 0 Å². The minimum Gasteiger partial charge on any atom is -0.0999 e. The average molecular weight is 523 g/mol. The minimum atomic E-state index is -0.175. The summed E-state index contributed by atoms with van der Waals surface area (Å²) in [5.74, 6) is 0.891. The first kappa shape index (κ1) is 29.6. The van der Waals surface area contributed by atoms with E-state index >= 15 is 0 Å². The van der Waals surface area contributed by atoms with E-state index in [2.05, 4.69) is 93.7 Å². The number of unbranched alkanes of at least 4 members (excludes halogenated alkanes) is 2. The molecule has 4 rings (SSSR count). The summed E-state index contributed by atoms with van der Waals surface area (Å²) < 4.78 is 0. The number of hydrogen-bond acceptors (Lipinski definition) is 0. The van der Waals surface area contributed by atoms with Gasteiger partial charge in [-0.15, -0.1) is 0 Å². The Morgan fingerprint density at radius 1 is 1.00 bits per heavy atom. The summed E-state index contributed by atoms with van der Waals surface area (Å²) in [5, 5.41) is 0. The molecule has 0 saturated heterocycles. The predicted octanol–water partition coefficient (Wildman–Crippen LogP) is 11.9. The predicted molar refractivity (Wildman–Crippen MR) is 173 cm³/mol. The van der Waals surface area contributed by atoms with E-state index in [1.807, 2.05) is 0 Å². The molecule has 0 heteroatoms. The molecule has 1 aromatic rings. The SMILES string of the molecule is C=C(CC)C[C@@H]1[C@]2(C)C(=C(C)[C@@]3(C)C(=C)C(C(=C)C)=C(C)C[C@@]13C)C(=C)c1c(C)cccc1[C@H]2CCCCC. The number of benzene rings is 1. The Bertz CT molecular complexity index is 1310. The molecule has 0 spiro atoms. The molecule has 3 aliphatic carbocycles. The maximum absolute atomic E-state index is 4.91. The molecule has 3 aliphatic rings. The van der Waals surface area contributed by atoms with Gasteiger partial charge in [0.15, 0.2) is 0 Å². The van der Waals surface area contributed by atoms with Crippen molar-refractivity contribution in [2.45, 2.75) is 113 Å². The third kappa shape index (κ3) is 3.99. The fourth-order valence-corrected chi connectivity index (χ4v) is 9.64. The zero-order valence-electron chi connectivity index (χ0n) is 26.7. The molecule has 0 radical (unpaired) electrons. The molecule has 1 aromatic carbocycles. The van der Waals surface area contributed by atoms with E-state index in [9.17, 15) is 0 Å². The summed E-state index contributed by atoms with van der Waals surface area (Å²) in [6.45, 7) is 40.3. The fourth-order valence-electron chi connectivity index (χ4n) is 9.64. The molecular formula is C39H54. The van der Waals surface area contributed by atoms with Crippen LogP contribution in [0.2, 0.25) is 0 Å². The van der Waals surface area contributed by atoms with Crippen LogP contribution in [0.5, 0.6) is 0 Å². The Kier molecular flexibility index (Phi) is 7.79. The molecule has 0 aliphatic heterocycles. The molecule has 5 atom stereocenters. The summed E-state index contributed by atoms with van der Waals surface area (Å²) in [6.07, 6.45) is 8.18. The van der Waals surface area contributed by atoms with Gasteiger partial charge in [-0.1, -0.05) is 121 Å². The second kappa shape index (κ2) is 10.2. The number of fused-ring (bicyclic) bond motifs is 3. The van der Waals surface area contributed by atoms with Crippen molar-refractivity contribution in [1.29, 1.82) is 0 Å². The Balaban J connectivity index is 2.14. The lowest BCUT2D eigenvalue weighted by molar-refractivity contribution is -0.0408. The van der Waals surface area contributed by atoms with Crippen molar-refractivity contribution in [1.82, 2.24) is 0 Å². The Morgan fingerprint density at radius 2 is 1.67 bits per heavy atom. The lowest BCUT2D eigenvalue weighted by Gasteiger charge is -2.68. The quantitative estimate of drug-likeness (QED) is 0.235. The molecule has 0 amide bonds. The number of aryl methyl sites for hydroxylation is 1. The molecule has 39 heavy (non-hydrogen) atoms. The van der Waals surface area contributed by atoms with Crippen molar-refractivity contribution in [3.8, 4) is 0 Å². The highest BCUT2D eigenvalue weighted by atomic mass is 14.7. The molecule has 0 fully saturated rings. The van der Waals surface area contributed by atoms with Gasteiger partial charge < -0.3 is 0 Å². The van der Waals surface area contributed by atoms with Crippen LogP contribution in [-0.2, 0) is 0 Å². The maximum atomic E-state index is 4.91. The van der Waals surface area contributed by atoms with Gasteiger partial charge in [-0.2, -0.15) is 0 Å². The van der Waals surface area contributed by atoms with Crippen LogP contribution in [0.25, 0.3) is 5.57 Å². The number of allylic oxidation sites excluding steroid dienone is 8. The van der Waals surface area contributed by atoms with E-state index in [4.69, 9.17) is 13.2 Å². The van der Waals surface area contributed by atoms with Crippen molar-refractivity contribution in [2.75, 3.05) is 0 Å². The van der Waals surface area contributed by atoms with Crippen LogP contribution < -0.4 is 0 Å².